The lowest BCUT2D eigenvalue weighted by Crippen LogP contribution is -2.57. The average Bonchev–Trinajstić information content (AvgIpc) is 2.39. The van der Waals surface area contributed by atoms with Crippen LogP contribution in [0.15, 0.2) is 18.2 Å². The third-order valence-corrected chi connectivity index (χ3v) is 4.05. The standard InChI is InChI=1S/C14H13F6NO3/c15-13(16,17)8-4-7(5-9(6-8)14(18,19)20)10(22)12(2-1-3-12)21-11(23)24/h4-6,10,21-22H,1-3H2,(H,23,24). The second-order valence-electron chi connectivity index (χ2n) is 5.68. The summed E-state index contributed by atoms with van der Waals surface area (Å²) < 4.78 is 77.1. The van der Waals surface area contributed by atoms with Gasteiger partial charge in [0.15, 0.2) is 0 Å². The molecule has 1 saturated carbocycles. The Kier molecular flexibility index (Phi) is 4.47. The number of hydrogen-bond acceptors (Lipinski definition) is 2. The van der Waals surface area contributed by atoms with E-state index >= 15 is 0 Å². The monoisotopic (exact) mass is 357 g/mol. The lowest BCUT2D eigenvalue weighted by atomic mass is 9.70. The van der Waals surface area contributed by atoms with Crippen LogP contribution in [0.5, 0.6) is 0 Å². The van der Waals surface area contributed by atoms with Gasteiger partial charge in [-0.15, -0.1) is 0 Å². The van der Waals surface area contributed by atoms with Crippen molar-refractivity contribution in [2.24, 2.45) is 0 Å². The molecule has 1 fully saturated rings. The van der Waals surface area contributed by atoms with Gasteiger partial charge in [-0.1, -0.05) is 0 Å². The van der Waals surface area contributed by atoms with Gasteiger partial charge in [-0.3, -0.25) is 0 Å². The van der Waals surface area contributed by atoms with Crippen LogP contribution in [-0.2, 0) is 12.4 Å². The zero-order chi connectivity index (χ0) is 18.3. The Morgan fingerprint density at radius 1 is 1.04 bits per heavy atom. The van der Waals surface area contributed by atoms with Crippen LogP contribution in [0.2, 0.25) is 0 Å². The highest BCUT2D eigenvalue weighted by Crippen LogP contribution is 2.44. The van der Waals surface area contributed by atoms with Crippen LogP contribution in [0.25, 0.3) is 0 Å². The van der Waals surface area contributed by atoms with Gasteiger partial charge in [0.25, 0.3) is 0 Å². The van der Waals surface area contributed by atoms with Crippen LogP contribution in [0.1, 0.15) is 42.1 Å². The van der Waals surface area contributed by atoms with E-state index < -0.39 is 46.8 Å². The molecule has 0 spiro atoms. The van der Waals surface area contributed by atoms with Crippen molar-refractivity contribution in [3.05, 3.63) is 34.9 Å². The van der Waals surface area contributed by atoms with Gasteiger partial charge >= 0.3 is 18.4 Å². The number of rotatable bonds is 3. The number of halogens is 6. The molecule has 0 radical (unpaired) electrons. The largest absolute Gasteiger partial charge is 0.465 e. The molecule has 0 heterocycles. The van der Waals surface area contributed by atoms with Crippen molar-refractivity contribution in [2.45, 2.75) is 43.3 Å². The van der Waals surface area contributed by atoms with E-state index in [0.29, 0.717) is 18.6 Å². The molecule has 1 amide bonds. The van der Waals surface area contributed by atoms with E-state index in [1.54, 1.807) is 0 Å². The summed E-state index contributed by atoms with van der Waals surface area (Å²) in [6.45, 7) is 0. The number of alkyl halides is 6. The summed E-state index contributed by atoms with van der Waals surface area (Å²) in [5, 5.41) is 21.1. The minimum absolute atomic E-state index is 0.0473. The summed E-state index contributed by atoms with van der Waals surface area (Å²) >= 11 is 0. The minimum atomic E-state index is -5.04. The van der Waals surface area contributed by atoms with Gasteiger partial charge in [-0.25, -0.2) is 4.79 Å². The second kappa shape index (κ2) is 5.83. The van der Waals surface area contributed by atoms with Crippen molar-refractivity contribution in [1.29, 1.82) is 0 Å². The van der Waals surface area contributed by atoms with E-state index in [2.05, 4.69) is 0 Å². The summed E-state index contributed by atoms with van der Waals surface area (Å²) in [5.74, 6) is 0. The maximum Gasteiger partial charge on any atom is 0.416 e. The Hall–Kier alpha value is -1.97. The van der Waals surface area contributed by atoms with Gasteiger partial charge in [-0.05, 0) is 43.0 Å². The Bertz CT molecular complexity index is 604. The molecule has 24 heavy (non-hydrogen) atoms. The first-order valence-corrected chi connectivity index (χ1v) is 6.84. The Labute approximate surface area is 132 Å². The fourth-order valence-corrected chi connectivity index (χ4v) is 2.69. The van der Waals surface area contributed by atoms with Crippen molar-refractivity contribution >= 4 is 6.09 Å². The molecule has 2 rings (SSSR count). The molecule has 1 aliphatic carbocycles. The molecule has 1 aromatic carbocycles. The zero-order valence-corrected chi connectivity index (χ0v) is 12.0. The zero-order valence-electron chi connectivity index (χ0n) is 12.0. The Balaban J connectivity index is 2.50. The van der Waals surface area contributed by atoms with Crippen LogP contribution in [0.3, 0.4) is 0 Å². The summed E-state index contributed by atoms with van der Waals surface area (Å²) in [6.07, 6.45) is -12.7. The van der Waals surface area contributed by atoms with E-state index in [1.165, 1.54) is 0 Å². The molecule has 1 atom stereocenters. The third-order valence-electron chi connectivity index (χ3n) is 4.05. The number of amides is 1. The predicted octanol–water partition coefficient (Wildman–Crippen LogP) is 3.95. The number of benzene rings is 1. The topological polar surface area (TPSA) is 69.6 Å². The number of hydrogen-bond donors (Lipinski definition) is 3. The molecule has 134 valence electrons. The van der Waals surface area contributed by atoms with Gasteiger partial charge in [0, 0.05) is 0 Å². The summed E-state index contributed by atoms with van der Waals surface area (Å²) in [5.41, 5.74) is -5.24. The molecule has 1 aliphatic rings. The molecule has 0 aromatic heterocycles. The average molecular weight is 357 g/mol. The van der Waals surface area contributed by atoms with Crippen molar-refractivity contribution in [1.82, 2.24) is 5.32 Å². The molecular formula is C14H13F6NO3. The number of aliphatic hydroxyl groups is 1. The molecular weight excluding hydrogens is 344 g/mol. The fraction of sp³-hybridized carbons (Fsp3) is 0.500. The highest BCUT2D eigenvalue weighted by atomic mass is 19.4. The number of aliphatic hydroxyl groups excluding tert-OH is 1. The van der Waals surface area contributed by atoms with Gasteiger partial charge in [-0.2, -0.15) is 26.3 Å². The summed E-state index contributed by atoms with van der Waals surface area (Å²) in [4.78, 5) is 10.8. The van der Waals surface area contributed by atoms with E-state index in [0.717, 1.165) is 0 Å². The molecule has 1 aromatic rings. The first kappa shape index (κ1) is 18.4. The fourth-order valence-electron chi connectivity index (χ4n) is 2.69. The summed E-state index contributed by atoms with van der Waals surface area (Å²) in [7, 11) is 0. The quantitative estimate of drug-likeness (QED) is 0.718. The molecule has 3 N–H and O–H groups in total. The highest BCUT2D eigenvalue weighted by molar-refractivity contribution is 5.66. The van der Waals surface area contributed by atoms with Crippen molar-refractivity contribution < 1.29 is 41.4 Å². The SMILES string of the molecule is O=C(O)NC1(C(O)c2cc(C(F)(F)F)cc(C(F)(F)F)c2)CCC1. The number of carboxylic acid groups (broad SMARTS) is 1. The van der Waals surface area contributed by atoms with E-state index in [-0.39, 0.29) is 18.9 Å². The van der Waals surface area contributed by atoms with E-state index in [1.807, 2.05) is 5.32 Å². The number of nitrogens with one attached hydrogen (secondary N) is 1. The van der Waals surface area contributed by atoms with Gasteiger partial charge in [0.1, 0.15) is 6.10 Å². The lowest BCUT2D eigenvalue weighted by molar-refractivity contribution is -0.143. The molecule has 0 saturated heterocycles. The molecule has 4 nitrogen and oxygen atoms in total. The van der Waals surface area contributed by atoms with Crippen LogP contribution in [-0.4, -0.2) is 21.8 Å². The van der Waals surface area contributed by atoms with E-state index in [9.17, 15) is 36.2 Å². The normalized spacial score (nSPS) is 18.6. The molecule has 1 unspecified atom stereocenters. The van der Waals surface area contributed by atoms with Crippen molar-refractivity contribution in [2.75, 3.05) is 0 Å². The van der Waals surface area contributed by atoms with Crippen LogP contribution in [0, 0.1) is 0 Å². The van der Waals surface area contributed by atoms with Gasteiger partial charge in [0.2, 0.25) is 0 Å². The first-order valence-electron chi connectivity index (χ1n) is 6.84. The minimum Gasteiger partial charge on any atom is -0.465 e. The first-order chi connectivity index (χ1) is 10.8. The Morgan fingerprint density at radius 2 is 1.50 bits per heavy atom. The predicted molar refractivity (Wildman–Crippen MR) is 69.1 cm³/mol. The van der Waals surface area contributed by atoms with Gasteiger partial charge in [0.05, 0.1) is 16.7 Å². The molecule has 0 aliphatic heterocycles. The Morgan fingerprint density at radius 3 is 1.79 bits per heavy atom. The van der Waals surface area contributed by atoms with Gasteiger partial charge < -0.3 is 15.5 Å². The van der Waals surface area contributed by atoms with E-state index in [4.69, 9.17) is 5.11 Å². The smallest absolute Gasteiger partial charge is 0.416 e. The van der Waals surface area contributed by atoms with Crippen LogP contribution >= 0.6 is 0 Å². The van der Waals surface area contributed by atoms with Crippen molar-refractivity contribution in [3.63, 3.8) is 0 Å². The van der Waals surface area contributed by atoms with Crippen molar-refractivity contribution in [3.8, 4) is 0 Å². The highest BCUT2D eigenvalue weighted by Gasteiger charge is 2.47. The number of carbonyl (C=O) groups is 1. The van der Waals surface area contributed by atoms with Crippen LogP contribution < -0.4 is 5.32 Å². The maximum atomic E-state index is 12.8. The van der Waals surface area contributed by atoms with Crippen LogP contribution in [0.4, 0.5) is 31.1 Å². The molecule has 0 bridgehead atoms. The maximum absolute atomic E-state index is 12.8. The molecule has 10 heteroatoms. The third kappa shape index (κ3) is 3.58. The second-order valence-corrected chi connectivity index (χ2v) is 5.68. The lowest BCUT2D eigenvalue weighted by Gasteiger charge is -2.45. The summed E-state index contributed by atoms with van der Waals surface area (Å²) in [6, 6.07) is 0.765.